The molecule has 27 heavy (non-hydrogen) atoms. The van der Waals surface area contributed by atoms with Crippen molar-refractivity contribution in [3.63, 3.8) is 0 Å². The molecule has 2 rings (SSSR count). The summed E-state index contributed by atoms with van der Waals surface area (Å²) in [7, 11) is 1.72. The SMILES string of the molecule is Cc1ccc(NC(=O)CN(C)CC(=O)N[C@@H](C)c2ccc(Cl)cc2Cl)cc1. The minimum Gasteiger partial charge on any atom is -0.348 e. The molecule has 0 aliphatic carbocycles. The van der Waals surface area contributed by atoms with Crippen LogP contribution in [0.3, 0.4) is 0 Å². The number of hydrogen-bond donors (Lipinski definition) is 2. The van der Waals surface area contributed by atoms with E-state index in [1.807, 2.05) is 38.1 Å². The number of carbonyl (C=O) groups is 2. The van der Waals surface area contributed by atoms with Crippen molar-refractivity contribution in [3.8, 4) is 0 Å². The number of carbonyl (C=O) groups excluding carboxylic acids is 2. The van der Waals surface area contributed by atoms with Gasteiger partial charge in [0.25, 0.3) is 0 Å². The second-order valence-electron chi connectivity index (χ2n) is 6.54. The predicted molar refractivity (Wildman–Crippen MR) is 110 cm³/mol. The fourth-order valence-corrected chi connectivity index (χ4v) is 3.17. The third kappa shape index (κ3) is 6.86. The predicted octanol–water partition coefficient (Wildman–Crippen LogP) is 4.05. The lowest BCUT2D eigenvalue weighted by atomic mass is 10.1. The van der Waals surface area contributed by atoms with Crippen LogP contribution in [0.1, 0.15) is 24.1 Å². The van der Waals surface area contributed by atoms with E-state index in [1.54, 1.807) is 30.1 Å². The minimum absolute atomic E-state index is 0.0941. The van der Waals surface area contributed by atoms with Gasteiger partial charge in [-0.15, -0.1) is 0 Å². The van der Waals surface area contributed by atoms with Gasteiger partial charge in [-0.05, 0) is 50.7 Å². The number of likely N-dealkylation sites (N-methyl/N-ethyl adjacent to an activating group) is 1. The highest BCUT2D eigenvalue weighted by Gasteiger charge is 2.15. The van der Waals surface area contributed by atoms with Crippen LogP contribution < -0.4 is 10.6 Å². The van der Waals surface area contributed by atoms with E-state index in [0.717, 1.165) is 16.8 Å². The largest absolute Gasteiger partial charge is 0.348 e. The average Bonchev–Trinajstić information content (AvgIpc) is 2.56. The van der Waals surface area contributed by atoms with Gasteiger partial charge in [-0.25, -0.2) is 0 Å². The Kier molecular flexibility index (Phi) is 7.66. The maximum atomic E-state index is 12.2. The smallest absolute Gasteiger partial charge is 0.238 e. The van der Waals surface area contributed by atoms with E-state index in [0.29, 0.717) is 10.0 Å². The second kappa shape index (κ2) is 9.74. The summed E-state index contributed by atoms with van der Waals surface area (Å²) < 4.78 is 0. The van der Waals surface area contributed by atoms with E-state index < -0.39 is 0 Å². The Labute approximate surface area is 169 Å². The summed E-state index contributed by atoms with van der Waals surface area (Å²) in [6.07, 6.45) is 0. The maximum absolute atomic E-state index is 12.2. The Morgan fingerprint density at radius 1 is 1.04 bits per heavy atom. The molecule has 0 fully saturated rings. The highest BCUT2D eigenvalue weighted by Crippen LogP contribution is 2.26. The Morgan fingerprint density at radius 2 is 1.67 bits per heavy atom. The Morgan fingerprint density at radius 3 is 2.30 bits per heavy atom. The number of hydrogen-bond acceptors (Lipinski definition) is 3. The van der Waals surface area contributed by atoms with Crippen molar-refractivity contribution in [2.75, 3.05) is 25.5 Å². The van der Waals surface area contributed by atoms with E-state index >= 15 is 0 Å². The van der Waals surface area contributed by atoms with Gasteiger partial charge in [0.1, 0.15) is 0 Å². The van der Waals surface area contributed by atoms with Crippen LogP contribution in [0.4, 0.5) is 5.69 Å². The molecule has 5 nitrogen and oxygen atoms in total. The van der Waals surface area contributed by atoms with Crippen LogP contribution in [-0.4, -0.2) is 36.9 Å². The van der Waals surface area contributed by atoms with Crippen molar-refractivity contribution in [2.24, 2.45) is 0 Å². The molecule has 0 aliphatic rings. The monoisotopic (exact) mass is 407 g/mol. The average molecular weight is 408 g/mol. The molecule has 0 aromatic heterocycles. The summed E-state index contributed by atoms with van der Waals surface area (Å²) in [5.41, 5.74) is 2.64. The number of halogens is 2. The quantitative estimate of drug-likeness (QED) is 0.727. The molecule has 0 heterocycles. The molecule has 2 N–H and O–H groups in total. The molecule has 144 valence electrons. The van der Waals surface area contributed by atoms with E-state index in [1.165, 1.54) is 0 Å². The first kappa shape index (κ1) is 21.2. The second-order valence-corrected chi connectivity index (χ2v) is 7.39. The molecule has 0 saturated heterocycles. The molecule has 7 heteroatoms. The lowest BCUT2D eigenvalue weighted by molar-refractivity contribution is -0.123. The summed E-state index contributed by atoms with van der Waals surface area (Å²) in [6.45, 7) is 4.03. The Bertz CT molecular complexity index is 809. The third-order valence-electron chi connectivity index (χ3n) is 3.97. The molecular weight excluding hydrogens is 385 g/mol. The number of aryl methyl sites for hydroxylation is 1. The van der Waals surface area contributed by atoms with Crippen molar-refractivity contribution < 1.29 is 9.59 Å². The van der Waals surface area contributed by atoms with Crippen molar-refractivity contribution in [1.82, 2.24) is 10.2 Å². The summed E-state index contributed by atoms with van der Waals surface area (Å²) in [6, 6.07) is 12.4. The van der Waals surface area contributed by atoms with Gasteiger partial charge in [-0.2, -0.15) is 0 Å². The number of nitrogens with zero attached hydrogens (tertiary/aromatic N) is 1. The van der Waals surface area contributed by atoms with Gasteiger partial charge < -0.3 is 10.6 Å². The van der Waals surface area contributed by atoms with E-state index in [4.69, 9.17) is 23.2 Å². The standard InChI is InChI=1S/C20H23Cl2N3O2/c1-13-4-7-16(8-5-13)24-20(27)12-25(3)11-19(26)23-14(2)17-9-6-15(21)10-18(17)22/h4-10,14H,11-12H2,1-3H3,(H,23,26)(H,24,27)/t14-/m0/s1. The van der Waals surface area contributed by atoms with E-state index in [2.05, 4.69) is 10.6 Å². The van der Waals surface area contributed by atoms with Crippen molar-refractivity contribution in [2.45, 2.75) is 19.9 Å². The lowest BCUT2D eigenvalue weighted by Gasteiger charge is -2.19. The van der Waals surface area contributed by atoms with Crippen LogP contribution >= 0.6 is 23.2 Å². The minimum atomic E-state index is -0.267. The molecule has 2 aromatic carbocycles. The number of nitrogens with one attached hydrogen (secondary N) is 2. The summed E-state index contributed by atoms with van der Waals surface area (Å²) in [4.78, 5) is 26.0. The lowest BCUT2D eigenvalue weighted by Crippen LogP contribution is -2.39. The van der Waals surface area contributed by atoms with Crippen molar-refractivity contribution in [3.05, 3.63) is 63.6 Å². The normalized spacial score (nSPS) is 11.9. The molecular formula is C20H23Cl2N3O2. The molecule has 0 radical (unpaired) electrons. The topological polar surface area (TPSA) is 61.4 Å². The molecule has 0 unspecified atom stereocenters. The summed E-state index contributed by atoms with van der Waals surface area (Å²) >= 11 is 12.1. The van der Waals surface area contributed by atoms with Gasteiger partial charge in [-0.1, -0.05) is 47.0 Å². The number of amides is 2. The molecule has 0 aliphatic heterocycles. The Hall–Kier alpha value is -2.08. The van der Waals surface area contributed by atoms with Crippen LogP contribution in [0.5, 0.6) is 0 Å². The molecule has 2 aromatic rings. The van der Waals surface area contributed by atoms with Gasteiger partial charge in [0.05, 0.1) is 19.1 Å². The Balaban J connectivity index is 1.82. The fourth-order valence-electron chi connectivity index (χ4n) is 2.60. The van der Waals surface area contributed by atoms with Crippen molar-refractivity contribution >= 4 is 40.7 Å². The fraction of sp³-hybridized carbons (Fsp3) is 0.300. The van der Waals surface area contributed by atoms with Gasteiger partial charge in [0.15, 0.2) is 0 Å². The number of anilines is 1. The van der Waals surface area contributed by atoms with Crippen LogP contribution in [0, 0.1) is 6.92 Å². The van der Waals surface area contributed by atoms with Crippen molar-refractivity contribution in [1.29, 1.82) is 0 Å². The van der Waals surface area contributed by atoms with E-state index in [-0.39, 0.29) is 30.9 Å². The zero-order chi connectivity index (χ0) is 20.0. The highest BCUT2D eigenvalue weighted by atomic mass is 35.5. The van der Waals surface area contributed by atoms with Crippen LogP contribution in [0.15, 0.2) is 42.5 Å². The number of rotatable bonds is 7. The van der Waals surface area contributed by atoms with E-state index in [9.17, 15) is 9.59 Å². The molecule has 0 saturated carbocycles. The first-order chi connectivity index (χ1) is 12.7. The van der Waals surface area contributed by atoms with Gasteiger partial charge in [0.2, 0.25) is 11.8 Å². The van der Waals surface area contributed by atoms with Crippen LogP contribution in [0.25, 0.3) is 0 Å². The maximum Gasteiger partial charge on any atom is 0.238 e. The van der Waals surface area contributed by atoms with Crippen LogP contribution in [0.2, 0.25) is 10.0 Å². The van der Waals surface area contributed by atoms with Gasteiger partial charge in [-0.3, -0.25) is 14.5 Å². The third-order valence-corrected chi connectivity index (χ3v) is 4.53. The summed E-state index contributed by atoms with van der Waals surface area (Å²) in [5.74, 6) is -0.373. The number of benzene rings is 2. The first-order valence-electron chi connectivity index (χ1n) is 8.54. The zero-order valence-electron chi connectivity index (χ0n) is 15.6. The first-order valence-corrected chi connectivity index (χ1v) is 9.29. The van der Waals surface area contributed by atoms with Gasteiger partial charge in [0, 0.05) is 15.7 Å². The zero-order valence-corrected chi connectivity index (χ0v) is 17.1. The molecule has 0 spiro atoms. The summed E-state index contributed by atoms with van der Waals surface area (Å²) in [5, 5.41) is 6.73. The molecule has 2 amide bonds. The van der Waals surface area contributed by atoms with Gasteiger partial charge >= 0.3 is 0 Å². The molecule has 1 atom stereocenters. The van der Waals surface area contributed by atoms with Crippen LogP contribution in [-0.2, 0) is 9.59 Å². The highest BCUT2D eigenvalue weighted by molar-refractivity contribution is 6.35. The molecule has 0 bridgehead atoms.